The van der Waals surface area contributed by atoms with Gasteiger partial charge in [0.1, 0.15) is 24.0 Å². The van der Waals surface area contributed by atoms with Crippen LogP contribution < -0.4 is 5.32 Å². The Labute approximate surface area is 179 Å². The van der Waals surface area contributed by atoms with Crippen LogP contribution in [0.1, 0.15) is 54.1 Å². The van der Waals surface area contributed by atoms with Crippen molar-refractivity contribution < 1.29 is 14.3 Å². The van der Waals surface area contributed by atoms with Crippen molar-refractivity contribution in [1.29, 1.82) is 0 Å². The van der Waals surface area contributed by atoms with Crippen LogP contribution in [-0.2, 0) is 11.3 Å². The fourth-order valence-corrected chi connectivity index (χ4v) is 4.81. The van der Waals surface area contributed by atoms with E-state index in [4.69, 9.17) is 0 Å². The summed E-state index contributed by atoms with van der Waals surface area (Å²) in [5.74, 6) is 0.181. The number of amides is 1. The smallest absolute Gasteiger partial charge is 0.273 e. The topological polar surface area (TPSA) is 104 Å². The highest BCUT2D eigenvalue weighted by atomic mass is 19.1. The van der Waals surface area contributed by atoms with Crippen LogP contribution in [0.25, 0.3) is 0 Å². The summed E-state index contributed by atoms with van der Waals surface area (Å²) in [7, 11) is 0. The number of aryl methyl sites for hydroxylation is 1. The third-order valence-electron chi connectivity index (χ3n) is 6.35. The highest BCUT2D eigenvalue weighted by molar-refractivity contribution is 6.47. The number of rotatable bonds is 4. The third kappa shape index (κ3) is 3.67. The van der Waals surface area contributed by atoms with Gasteiger partial charge < -0.3 is 15.3 Å². The van der Waals surface area contributed by atoms with E-state index in [1.807, 2.05) is 13.0 Å². The molecule has 1 saturated carbocycles. The number of hydrogen-bond acceptors (Lipinski definition) is 7. The number of aromatic nitrogens is 3. The predicted octanol–water partition coefficient (Wildman–Crippen LogP) is 2.12. The molecule has 0 spiro atoms. The summed E-state index contributed by atoms with van der Waals surface area (Å²) in [5.41, 5.74) is 3.27. The van der Waals surface area contributed by atoms with Gasteiger partial charge in [0.2, 0.25) is 0 Å². The predicted molar refractivity (Wildman–Crippen MR) is 112 cm³/mol. The number of nitrogens with zero attached hydrogens (tertiary/aromatic N) is 5. The number of aliphatic imine (C=N–C) groups is 1. The SMILES string of the molecule is Cc1cncc([C@H]2C[C@H](F)CN2C(=O)C2=NCc3ncnc(N[C@@H]4CCC[C@H]4O)c32)c1. The normalized spacial score (nSPS) is 27.3. The summed E-state index contributed by atoms with van der Waals surface area (Å²) in [6, 6.07) is 1.43. The van der Waals surface area contributed by atoms with E-state index >= 15 is 0 Å². The number of carbonyl (C=O) groups excluding carboxylic acids is 1. The van der Waals surface area contributed by atoms with E-state index in [-0.39, 0.29) is 43.2 Å². The first-order valence-corrected chi connectivity index (χ1v) is 10.7. The summed E-state index contributed by atoms with van der Waals surface area (Å²) < 4.78 is 14.4. The van der Waals surface area contributed by atoms with Crippen LogP contribution in [0.15, 0.2) is 29.8 Å². The zero-order valence-corrected chi connectivity index (χ0v) is 17.3. The first-order valence-electron chi connectivity index (χ1n) is 10.7. The molecule has 3 aliphatic rings. The van der Waals surface area contributed by atoms with Gasteiger partial charge >= 0.3 is 0 Å². The van der Waals surface area contributed by atoms with Gasteiger partial charge in [0, 0.05) is 18.8 Å². The van der Waals surface area contributed by atoms with Gasteiger partial charge in [-0.3, -0.25) is 14.8 Å². The van der Waals surface area contributed by atoms with Crippen molar-refractivity contribution in [3.05, 3.63) is 47.2 Å². The van der Waals surface area contributed by atoms with Gasteiger partial charge in [-0.15, -0.1) is 0 Å². The number of aliphatic hydroxyl groups excluding tert-OH is 1. The fraction of sp³-hybridized carbons (Fsp3) is 0.500. The van der Waals surface area contributed by atoms with Crippen LogP contribution in [0, 0.1) is 6.92 Å². The number of nitrogens with one attached hydrogen (secondary N) is 1. The number of hydrogen-bond donors (Lipinski definition) is 2. The Bertz CT molecular complexity index is 1040. The van der Waals surface area contributed by atoms with Gasteiger partial charge in [0.15, 0.2) is 0 Å². The lowest BCUT2D eigenvalue weighted by Crippen LogP contribution is -2.37. The molecule has 0 unspecified atom stereocenters. The van der Waals surface area contributed by atoms with E-state index < -0.39 is 12.3 Å². The molecule has 9 heteroatoms. The molecular weight excluding hydrogens is 399 g/mol. The number of aliphatic hydroxyl groups is 1. The van der Waals surface area contributed by atoms with Crippen LogP contribution in [0.4, 0.5) is 10.2 Å². The molecule has 1 saturated heterocycles. The van der Waals surface area contributed by atoms with Crippen molar-refractivity contribution in [2.75, 3.05) is 11.9 Å². The Kier molecular flexibility index (Phi) is 5.13. The average molecular weight is 424 g/mol. The van der Waals surface area contributed by atoms with Gasteiger partial charge in [-0.1, -0.05) is 6.07 Å². The molecule has 2 N–H and O–H groups in total. The van der Waals surface area contributed by atoms with Crippen molar-refractivity contribution >= 4 is 17.4 Å². The van der Waals surface area contributed by atoms with E-state index in [0.717, 1.165) is 30.4 Å². The molecule has 4 atom stereocenters. The van der Waals surface area contributed by atoms with E-state index in [0.29, 0.717) is 17.1 Å². The number of anilines is 1. The van der Waals surface area contributed by atoms with Crippen LogP contribution in [0.2, 0.25) is 0 Å². The molecule has 1 aliphatic carbocycles. The average Bonchev–Trinajstić information content (AvgIpc) is 3.47. The molecule has 2 fully saturated rings. The number of halogens is 1. The zero-order chi connectivity index (χ0) is 21.5. The van der Waals surface area contributed by atoms with Crippen LogP contribution >= 0.6 is 0 Å². The first-order chi connectivity index (χ1) is 15.0. The maximum atomic E-state index is 14.4. The second-order valence-electron chi connectivity index (χ2n) is 8.56. The fourth-order valence-electron chi connectivity index (χ4n) is 4.81. The highest BCUT2D eigenvalue weighted by Gasteiger charge is 2.41. The van der Waals surface area contributed by atoms with Crippen molar-refractivity contribution in [2.24, 2.45) is 4.99 Å². The number of fused-ring (bicyclic) bond motifs is 1. The Morgan fingerprint density at radius 1 is 1.29 bits per heavy atom. The summed E-state index contributed by atoms with van der Waals surface area (Å²) >= 11 is 0. The van der Waals surface area contributed by atoms with Crippen molar-refractivity contribution in [2.45, 2.75) is 63.5 Å². The second-order valence-corrected chi connectivity index (χ2v) is 8.56. The molecule has 5 rings (SSSR count). The number of alkyl halides is 1. The summed E-state index contributed by atoms with van der Waals surface area (Å²) in [6.07, 6.45) is 6.06. The maximum absolute atomic E-state index is 14.4. The van der Waals surface area contributed by atoms with E-state index in [9.17, 15) is 14.3 Å². The molecule has 0 aromatic carbocycles. The quantitative estimate of drug-likeness (QED) is 0.779. The molecule has 0 bridgehead atoms. The molecule has 2 aromatic rings. The molecular formula is C22H25FN6O2. The zero-order valence-electron chi connectivity index (χ0n) is 17.3. The molecule has 2 aromatic heterocycles. The largest absolute Gasteiger partial charge is 0.391 e. The summed E-state index contributed by atoms with van der Waals surface area (Å²) in [4.78, 5) is 32.4. The van der Waals surface area contributed by atoms with Crippen LogP contribution in [0.5, 0.6) is 0 Å². The van der Waals surface area contributed by atoms with Crippen molar-refractivity contribution in [3.8, 4) is 0 Å². The molecule has 2 aliphatic heterocycles. The lowest BCUT2D eigenvalue weighted by atomic mass is 10.0. The van der Waals surface area contributed by atoms with Crippen molar-refractivity contribution in [1.82, 2.24) is 19.9 Å². The number of likely N-dealkylation sites (tertiary alicyclic amines) is 1. The third-order valence-corrected chi connectivity index (χ3v) is 6.35. The van der Waals surface area contributed by atoms with Gasteiger partial charge in [0.25, 0.3) is 5.91 Å². The number of pyridine rings is 1. The minimum Gasteiger partial charge on any atom is -0.391 e. The monoisotopic (exact) mass is 424 g/mol. The maximum Gasteiger partial charge on any atom is 0.273 e. The van der Waals surface area contributed by atoms with Gasteiger partial charge in [0.05, 0.1) is 42.5 Å². The molecule has 8 nitrogen and oxygen atoms in total. The van der Waals surface area contributed by atoms with Gasteiger partial charge in [-0.25, -0.2) is 14.4 Å². The van der Waals surface area contributed by atoms with Gasteiger partial charge in [-0.2, -0.15) is 0 Å². The Balaban J connectivity index is 1.45. The molecule has 162 valence electrons. The second kappa shape index (κ2) is 7.96. The van der Waals surface area contributed by atoms with E-state index in [1.165, 1.54) is 6.33 Å². The number of carbonyl (C=O) groups is 1. The minimum absolute atomic E-state index is 0.0174. The van der Waals surface area contributed by atoms with E-state index in [1.54, 1.807) is 17.3 Å². The standard InChI is InChI=1S/C22H25FN6O2/c1-12-5-13(8-24-7-12)17-6-14(23)10-29(17)22(31)20-19-16(9-25-20)26-11-27-21(19)28-15-3-2-4-18(15)30/h5,7-8,11,14-15,17-18,30H,2-4,6,9-10H2,1H3,(H,26,27,28)/t14-,15+,17+,18+/m0/s1. The van der Waals surface area contributed by atoms with Gasteiger partial charge in [-0.05, 0) is 37.3 Å². The van der Waals surface area contributed by atoms with E-state index in [2.05, 4.69) is 25.3 Å². The molecule has 1 amide bonds. The first kappa shape index (κ1) is 20.0. The summed E-state index contributed by atoms with van der Waals surface area (Å²) in [6.45, 7) is 2.22. The summed E-state index contributed by atoms with van der Waals surface area (Å²) in [5, 5.41) is 13.5. The Morgan fingerprint density at radius 2 is 2.16 bits per heavy atom. The lowest BCUT2D eigenvalue weighted by Gasteiger charge is -2.25. The molecule has 31 heavy (non-hydrogen) atoms. The van der Waals surface area contributed by atoms with Crippen molar-refractivity contribution in [3.63, 3.8) is 0 Å². The van der Waals surface area contributed by atoms with Crippen LogP contribution in [0.3, 0.4) is 0 Å². The molecule has 0 radical (unpaired) electrons. The Hall–Kier alpha value is -2.94. The highest BCUT2D eigenvalue weighted by Crippen LogP contribution is 2.36. The Morgan fingerprint density at radius 3 is 2.94 bits per heavy atom. The lowest BCUT2D eigenvalue weighted by molar-refractivity contribution is -0.125. The minimum atomic E-state index is -1.10. The van der Waals surface area contributed by atoms with Crippen LogP contribution in [-0.4, -0.2) is 61.4 Å². The molecule has 4 heterocycles.